The molecule has 26 heavy (non-hydrogen) atoms. The molecule has 1 saturated heterocycles. The number of nitrogens with zero attached hydrogens (tertiary/aromatic N) is 1. The SMILES string of the molecule is CSc1nc(CC(=O)Nc2cc(CC3SC(=O)NC3=O)ccc2O)cs1. The Morgan fingerprint density at radius 1 is 1.42 bits per heavy atom. The Kier molecular flexibility index (Phi) is 5.84. The van der Waals surface area contributed by atoms with Crippen molar-refractivity contribution in [1.29, 1.82) is 0 Å². The average Bonchev–Trinajstić information content (AvgIpc) is 3.16. The molecule has 1 aliphatic rings. The fourth-order valence-electron chi connectivity index (χ4n) is 2.37. The highest BCUT2D eigenvalue weighted by atomic mass is 32.2. The van der Waals surface area contributed by atoms with Crippen molar-refractivity contribution in [2.24, 2.45) is 0 Å². The van der Waals surface area contributed by atoms with Gasteiger partial charge in [0.1, 0.15) is 10.1 Å². The van der Waals surface area contributed by atoms with Crippen LogP contribution in [0, 0.1) is 0 Å². The smallest absolute Gasteiger partial charge is 0.286 e. The van der Waals surface area contributed by atoms with Gasteiger partial charge in [-0.25, -0.2) is 4.98 Å². The Morgan fingerprint density at radius 2 is 2.23 bits per heavy atom. The first-order valence-electron chi connectivity index (χ1n) is 7.56. The third-order valence-electron chi connectivity index (χ3n) is 3.57. The highest BCUT2D eigenvalue weighted by Gasteiger charge is 2.31. The van der Waals surface area contributed by atoms with E-state index in [1.165, 1.54) is 29.2 Å². The van der Waals surface area contributed by atoms with Crippen LogP contribution < -0.4 is 10.6 Å². The molecule has 3 N–H and O–H groups in total. The van der Waals surface area contributed by atoms with E-state index >= 15 is 0 Å². The lowest BCUT2D eigenvalue weighted by molar-refractivity contribution is -0.119. The van der Waals surface area contributed by atoms with Crippen molar-refractivity contribution in [3.8, 4) is 5.75 Å². The molecule has 2 aromatic rings. The van der Waals surface area contributed by atoms with Crippen LogP contribution in [0.5, 0.6) is 5.75 Å². The number of rotatable bonds is 6. The largest absolute Gasteiger partial charge is 0.506 e. The number of aromatic nitrogens is 1. The molecule has 2 heterocycles. The van der Waals surface area contributed by atoms with Gasteiger partial charge in [-0.05, 0) is 30.4 Å². The van der Waals surface area contributed by atoms with Crippen molar-refractivity contribution in [1.82, 2.24) is 10.3 Å². The van der Waals surface area contributed by atoms with Gasteiger partial charge in [-0.1, -0.05) is 29.6 Å². The van der Waals surface area contributed by atoms with Crippen LogP contribution in [-0.4, -0.2) is 38.6 Å². The molecule has 1 fully saturated rings. The molecule has 3 rings (SSSR count). The van der Waals surface area contributed by atoms with Crippen LogP contribution in [0.3, 0.4) is 0 Å². The van der Waals surface area contributed by atoms with E-state index in [-0.39, 0.29) is 34.9 Å². The number of phenolic OH excluding ortho intramolecular Hbond substituents is 1. The number of anilines is 1. The molecular weight excluding hydrogens is 394 g/mol. The van der Waals surface area contributed by atoms with E-state index in [2.05, 4.69) is 15.6 Å². The number of nitrogens with one attached hydrogen (secondary N) is 2. The summed E-state index contributed by atoms with van der Waals surface area (Å²) in [5, 5.41) is 15.8. The molecular formula is C16H15N3O4S3. The minimum absolute atomic E-state index is 0.0650. The summed E-state index contributed by atoms with van der Waals surface area (Å²) in [6.07, 6.45) is 2.35. The van der Waals surface area contributed by atoms with Gasteiger partial charge in [0.15, 0.2) is 0 Å². The second kappa shape index (κ2) is 8.11. The zero-order valence-corrected chi connectivity index (χ0v) is 16.1. The average molecular weight is 410 g/mol. The normalized spacial score (nSPS) is 16.6. The van der Waals surface area contributed by atoms with Gasteiger partial charge in [0.25, 0.3) is 5.24 Å². The van der Waals surface area contributed by atoms with Gasteiger partial charge < -0.3 is 10.4 Å². The first-order chi connectivity index (χ1) is 12.4. The van der Waals surface area contributed by atoms with Gasteiger partial charge in [-0.2, -0.15) is 0 Å². The Bertz CT molecular complexity index is 868. The standard InChI is InChI=1S/C16H15N3O4S3/c1-24-16-17-9(7-25-16)6-13(21)18-10-4-8(2-3-11(10)20)5-12-14(22)19-15(23)26-12/h2-4,7,12,20H,5-6H2,1H3,(H,18,21)(H,19,22,23). The monoisotopic (exact) mass is 409 g/mol. The molecule has 136 valence electrons. The summed E-state index contributed by atoms with van der Waals surface area (Å²) in [4.78, 5) is 39.4. The van der Waals surface area contributed by atoms with Crippen molar-refractivity contribution >= 4 is 57.6 Å². The van der Waals surface area contributed by atoms with E-state index in [1.807, 2.05) is 11.6 Å². The van der Waals surface area contributed by atoms with Crippen LogP contribution in [0.4, 0.5) is 10.5 Å². The number of amides is 3. The van der Waals surface area contributed by atoms with E-state index in [1.54, 1.807) is 12.1 Å². The fourth-order valence-corrected chi connectivity index (χ4v) is 4.51. The van der Waals surface area contributed by atoms with Gasteiger partial charge in [0, 0.05) is 5.38 Å². The third-order valence-corrected chi connectivity index (χ3v) is 6.46. The maximum atomic E-state index is 12.2. The lowest BCUT2D eigenvalue weighted by Gasteiger charge is -2.10. The van der Waals surface area contributed by atoms with Crippen molar-refractivity contribution in [2.45, 2.75) is 22.4 Å². The molecule has 1 aromatic heterocycles. The topological polar surface area (TPSA) is 108 Å². The number of imide groups is 1. The van der Waals surface area contributed by atoms with Crippen LogP contribution >= 0.6 is 34.9 Å². The number of aromatic hydroxyl groups is 1. The molecule has 1 aromatic carbocycles. The number of thioether (sulfide) groups is 2. The van der Waals surface area contributed by atoms with Crippen molar-refractivity contribution in [2.75, 3.05) is 11.6 Å². The van der Waals surface area contributed by atoms with Crippen LogP contribution in [0.2, 0.25) is 0 Å². The van der Waals surface area contributed by atoms with Crippen molar-refractivity contribution in [3.63, 3.8) is 0 Å². The maximum absolute atomic E-state index is 12.2. The van der Waals surface area contributed by atoms with Crippen LogP contribution in [-0.2, 0) is 22.4 Å². The summed E-state index contributed by atoms with van der Waals surface area (Å²) in [6, 6.07) is 4.73. The van der Waals surface area contributed by atoms with Gasteiger partial charge >= 0.3 is 0 Å². The maximum Gasteiger partial charge on any atom is 0.286 e. The van der Waals surface area contributed by atoms with Gasteiger partial charge in [-0.3, -0.25) is 19.7 Å². The Balaban J connectivity index is 1.66. The quantitative estimate of drug-likeness (QED) is 0.497. The first kappa shape index (κ1) is 18.7. The summed E-state index contributed by atoms with van der Waals surface area (Å²) in [6.45, 7) is 0. The molecule has 0 saturated carbocycles. The van der Waals surface area contributed by atoms with E-state index in [0.29, 0.717) is 12.1 Å². The number of phenols is 1. The van der Waals surface area contributed by atoms with Gasteiger partial charge in [0.05, 0.1) is 23.1 Å². The zero-order chi connectivity index (χ0) is 18.7. The van der Waals surface area contributed by atoms with E-state index in [0.717, 1.165) is 21.7 Å². The van der Waals surface area contributed by atoms with Crippen LogP contribution in [0.1, 0.15) is 11.3 Å². The second-order valence-electron chi connectivity index (χ2n) is 5.47. The molecule has 0 aliphatic carbocycles. The van der Waals surface area contributed by atoms with Gasteiger partial charge in [-0.15, -0.1) is 11.3 Å². The Labute approximate surface area is 162 Å². The minimum Gasteiger partial charge on any atom is -0.506 e. The van der Waals surface area contributed by atoms with E-state index < -0.39 is 5.25 Å². The molecule has 1 atom stereocenters. The number of carbonyl (C=O) groups excluding carboxylic acids is 3. The second-order valence-corrected chi connectivity index (χ2v) is 8.56. The molecule has 0 spiro atoms. The first-order valence-corrected chi connectivity index (χ1v) is 10.5. The Morgan fingerprint density at radius 3 is 2.88 bits per heavy atom. The van der Waals surface area contributed by atoms with Crippen molar-refractivity contribution in [3.05, 3.63) is 34.8 Å². The summed E-state index contributed by atoms with van der Waals surface area (Å²) in [7, 11) is 0. The molecule has 0 radical (unpaired) electrons. The number of thiazole rings is 1. The molecule has 1 aliphatic heterocycles. The van der Waals surface area contributed by atoms with Gasteiger partial charge in [0.2, 0.25) is 11.8 Å². The Hall–Kier alpha value is -2.04. The molecule has 1 unspecified atom stereocenters. The van der Waals surface area contributed by atoms with E-state index in [4.69, 9.17) is 0 Å². The fraction of sp³-hybridized carbons (Fsp3) is 0.250. The number of carbonyl (C=O) groups is 3. The number of hydrogen-bond donors (Lipinski definition) is 3. The third kappa shape index (κ3) is 4.57. The van der Waals surface area contributed by atoms with Crippen LogP contribution in [0.15, 0.2) is 27.9 Å². The molecule has 0 bridgehead atoms. The minimum atomic E-state index is -0.504. The number of hydrogen-bond acceptors (Lipinski definition) is 8. The molecule has 10 heteroatoms. The highest BCUT2D eigenvalue weighted by Crippen LogP contribution is 2.28. The lowest BCUT2D eigenvalue weighted by atomic mass is 10.1. The predicted octanol–water partition coefficient (Wildman–Crippen LogP) is 2.65. The van der Waals surface area contributed by atoms with E-state index in [9.17, 15) is 19.5 Å². The summed E-state index contributed by atoms with van der Waals surface area (Å²) >= 11 is 3.93. The number of benzene rings is 1. The summed E-state index contributed by atoms with van der Waals surface area (Å²) in [5.74, 6) is -0.685. The lowest BCUT2D eigenvalue weighted by Crippen LogP contribution is -2.25. The molecule has 7 nitrogen and oxygen atoms in total. The highest BCUT2D eigenvalue weighted by molar-refractivity contribution is 8.15. The van der Waals surface area contributed by atoms with Crippen molar-refractivity contribution < 1.29 is 19.5 Å². The zero-order valence-electron chi connectivity index (χ0n) is 13.6. The summed E-state index contributed by atoms with van der Waals surface area (Å²) < 4.78 is 0.888. The molecule has 3 amide bonds. The van der Waals surface area contributed by atoms with Crippen LogP contribution in [0.25, 0.3) is 0 Å². The predicted molar refractivity (Wildman–Crippen MR) is 103 cm³/mol. The summed E-state index contributed by atoms with van der Waals surface area (Å²) in [5.41, 5.74) is 1.67.